The summed E-state index contributed by atoms with van der Waals surface area (Å²) in [4.78, 5) is 19.9. The van der Waals surface area contributed by atoms with E-state index in [2.05, 4.69) is 25.5 Å². The van der Waals surface area contributed by atoms with Gasteiger partial charge in [0.2, 0.25) is 5.95 Å². The molecule has 0 unspecified atom stereocenters. The molecule has 0 bridgehead atoms. The van der Waals surface area contributed by atoms with Crippen LogP contribution in [0.4, 0.5) is 10.3 Å². The number of hydrogen-bond donors (Lipinski definition) is 3. The first-order valence-electron chi connectivity index (χ1n) is 6.79. The van der Waals surface area contributed by atoms with Crippen molar-refractivity contribution in [3.8, 4) is 11.4 Å². The van der Waals surface area contributed by atoms with Crippen LogP contribution in [0.2, 0.25) is 0 Å². The summed E-state index contributed by atoms with van der Waals surface area (Å²) in [5, 5.41) is 9.34. The summed E-state index contributed by atoms with van der Waals surface area (Å²) in [5.41, 5.74) is 7.45. The zero-order chi connectivity index (χ0) is 16.2. The molecule has 0 fully saturated rings. The van der Waals surface area contributed by atoms with E-state index in [-0.39, 0.29) is 29.9 Å². The van der Waals surface area contributed by atoms with Crippen LogP contribution in [-0.2, 0) is 6.54 Å². The van der Waals surface area contributed by atoms with E-state index in [0.29, 0.717) is 17.0 Å². The predicted molar refractivity (Wildman–Crippen MR) is 81.6 cm³/mol. The van der Waals surface area contributed by atoms with Crippen molar-refractivity contribution in [2.45, 2.75) is 6.54 Å². The highest BCUT2D eigenvalue weighted by Crippen LogP contribution is 2.15. The molecule has 0 saturated carbocycles. The number of hydrogen-bond acceptors (Lipinski definition) is 5. The molecule has 0 radical (unpaired) electrons. The number of amides is 1. The lowest BCUT2D eigenvalue weighted by atomic mass is 10.2. The van der Waals surface area contributed by atoms with Crippen LogP contribution in [0.5, 0.6) is 0 Å². The number of rotatable bonds is 4. The molecule has 1 aromatic carbocycles. The lowest BCUT2D eigenvalue weighted by Gasteiger charge is -2.03. The van der Waals surface area contributed by atoms with Gasteiger partial charge in [0.05, 0.1) is 5.69 Å². The number of H-pyrrole nitrogens is 1. The van der Waals surface area contributed by atoms with Gasteiger partial charge in [0, 0.05) is 12.7 Å². The largest absolute Gasteiger partial charge is 0.368 e. The summed E-state index contributed by atoms with van der Waals surface area (Å²) < 4.78 is 13.1. The minimum absolute atomic E-state index is 0.127. The van der Waals surface area contributed by atoms with Gasteiger partial charge in [-0.3, -0.25) is 9.89 Å². The number of aromatic amines is 1. The average Bonchev–Trinajstić information content (AvgIpc) is 3.03. The maximum Gasteiger partial charge on any atom is 0.269 e. The van der Waals surface area contributed by atoms with E-state index in [1.807, 2.05) is 0 Å². The Morgan fingerprint density at radius 2 is 2.13 bits per heavy atom. The molecule has 3 aromatic rings. The SMILES string of the molecule is Nc1nccc(-c2cc(C(=O)NCc3cccc(F)c3)[nH]n2)n1. The number of nitrogens with zero attached hydrogens (tertiary/aromatic N) is 3. The van der Waals surface area contributed by atoms with Crippen molar-refractivity contribution in [1.82, 2.24) is 25.5 Å². The first-order valence-corrected chi connectivity index (χ1v) is 6.79. The van der Waals surface area contributed by atoms with Gasteiger partial charge in [-0.05, 0) is 29.8 Å². The number of nitrogen functional groups attached to an aromatic ring is 1. The summed E-state index contributed by atoms with van der Waals surface area (Å²) in [6.07, 6.45) is 1.51. The van der Waals surface area contributed by atoms with E-state index in [9.17, 15) is 9.18 Å². The van der Waals surface area contributed by atoms with E-state index >= 15 is 0 Å². The molecule has 2 heterocycles. The Bertz CT molecular complexity index is 847. The molecule has 0 aliphatic heterocycles. The Morgan fingerprint density at radius 1 is 1.26 bits per heavy atom. The molecule has 0 atom stereocenters. The van der Waals surface area contributed by atoms with Crippen LogP contribution in [0.15, 0.2) is 42.6 Å². The summed E-state index contributed by atoms with van der Waals surface area (Å²) >= 11 is 0. The quantitative estimate of drug-likeness (QED) is 0.676. The summed E-state index contributed by atoms with van der Waals surface area (Å²) in [6, 6.07) is 9.22. The molecule has 8 heteroatoms. The Hall–Kier alpha value is -3.29. The summed E-state index contributed by atoms with van der Waals surface area (Å²) in [5.74, 6) is -0.570. The number of nitrogens with one attached hydrogen (secondary N) is 2. The third-order valence-electron chi connectivity index (χ3n) is 3.10. The fraction of sp³-hybridized carbons (Fsp3) is 0.0667. The van der Waals surface area contributed by atoms with Crippen LogP contribution in [0, 0.1) is 5.82 Å². The topological polar surface area (TPSA) is 110 Å². The highest BCUT2D eigenvalue weighted by atomic mass is 19.1. The van der Waals surface area contributed by atoms with Gasteiger partial charge in [0.1, 0.15) is 17.2 Å². The van der Waals surface area contributed by atoms with Crippen molar-refractivity contribution in [2.75, 3.05) is 5.73 Å². The molecule has 7 nitrogen and oxygen atoms in total. The number of aromatic nitrogens is 4. The lowest BCUT2D eigenvalue weighted by Crippen LogP contribution is -2.23. The van der Waals surface area contributed by atoms with Crippen molar-refractivity contribution >= 4 is 11.9 Å². The van der Waals surface area contributed by atoms with E-state index < -0.39 is 0 Å². The Balaban J connectivity index is 1.69. The molecule has 23 heavy (non-hydrogen) atoms. The zero-order valence-corrected chi connectivity index (χ0v) is 12.0. The third-order valence-corrected chi connectivity index (χ3v) is 3.10. The molecule has 2 aromatic heterocycles. The van der Waals surface area contributed by atoms with Gasteiger partial charge in [-0.15, -0.1) is 0 Å². The van der Waals surface area contributed by atoms with Gasteiger partial charge in [0.15, 0.2) is 0 Å². The van der Waals surface area contributed by atoms with Crippen LogP contribution in [0.1, 0.15) is 16.1 Å². The molecule has 116 valence electrons. The van der Waals surface area contributed by atoms with Crippen molar-refractivity contribution in [2.24, 2.45) is 0 Å². The van der Waals surface area contributed by atoms with E-state index in [0.717, 1.165) is 0 Å². The first kappa shape index (κ1) is 14.6. The summed E-state index contributed by atoms with van der Waals surface area (Å²) in [6.45, 7) is 0.214. The first-order chi connectivity index (χ1) is 11.1. The second-order valence-corrected chi connectivity index (χ2v) is 4.78. The van der Waals surface area contributed by atoms with E-state index in [4.69, 9.17) is 5.73 Å². The highest BCUT2D eigenvalue weighted by molar-refractivity contribution is 5.93. The standard InChI is InChI=1S/C15H13FN6O/c16-10-3-1-2-9(6-10)8-19-14(23)13-7-12(21-22-13)11-4-5-18-15(17)20-11/h1-7H,8H2,(H,19,23)(H,21,22)(H2,17,18,20). The lowest BCUT2D eigenvalue weighted by molar-refractivity contribution is 0.0946. The molecule has 0 aliphatic rings. The Kier molecular flexibility index (Phi) is 3.96. The number of carbonyl (C=O) groups is 1. The summed E-state index contributed by atoms with van der Waals surface area (Å²) in [7, 11) is 0. The minimum atomic E-state index is -0.352. The molecule has 1 amide bonds. The van der Waals surface area contributed by atoms with E-state index in [1.165, 1.54) is 18.3 Å². The number of anilines is 1. The van der Waals surface area contributed by atoms with Crippen molar-refractivity contribution < 1.29 is 9.18 Å². The smallest absolute Gasteiger partial charge is 0.269 e. The molecule has 0 aliphatic carbocycles. The molecule has 4 N–H and O–H groups in total. The highest BCUT2D eigenvalue weighted by Gasteiger charge is 2.12. The predicted octanol–water partition coefficient (Wildman–Crippen LogP) is 1.52. The van der Waals surface area contributed by atoms with Crippen LogP contribution in [-0.4, -0.2) is 26.1 Å². The van der Waals surface area contributed by atoms with Gasteiger partial charge in [-0.2, -0.15) is 5.10 Å². The number of benzene rings is 1. The van der Waals surface area contributed by atoms with Crippen molar-refractivity contribution in [3.63, 3.8) is 0 Å². The second kappa shape index (κ2) is 6.22. The van der Waals surface area contributed by atoms with Crippen LogP contribution < -0.4 is 11.1 Å². The molecular weight excluding hydrogens is 299 g/mol. The third kappa shape index (κ3) is 3.49. The molecular formula is C15H13FN6O. The van der Waals surface area contributed by atoms with Crippen LogP contribution in [0.3, 0.4) is 0 Å². The maximum atomic E-state index is 13.1. The Morgan fingerprint density at radius 3 is 2.91 bits per heavy atom. The van der Waals surface area contributed by atoms with Gasteiger partial charge in [-0.25, -0.2) is 14.4 Å². The molecule has 0 saturated heterocycles. The van der Waals surface area contributed by atoms with Crippen molar-refractivity contribution in [1.29, 1.82) is 0 Å². The number of carbonyl (C=O) groups excluding carboxylic acids is 1. The zero-order valence-electron chi connectivity index (χ0n) is 12.0. The Labute approximate surface area is 130 Å². The average molecular weight is 312 g/mol. The van der Waals surface area contributed by atoms with Gasteiger partial charge < -0.3 is 11.1 Å². The van der Waals surface area contributed by atoms with E-state index in [1.54, 1.807) is 24.3 Å². The van der Waals surface area contributed by atoms with Gasteiger partial charge in [-0.1, -0.05) is 12.1 Å². The van der Waals surface area contributed by atoms with Gasteiger partial charge >= 0.3 is 0 Å². The molecule has 3 rings (SSSR count). The normalized spacial score (nSPS) is 10.5. The monoisotopic (exact) mass is 312 g/mol. The van der Waals surface area contributed by atoms with Crippen molar-refractivity contribution in [3.05, 3.63) is 59.7 Å². The minimum Gasteiger partial charge on any atom is -0.368 e. The fourth-order valence-electron chi connectivity index (χ4n) is 2.01. The maximum absolute atomic E-state index is 13.1. The molecule has 0 spiro atoms. The van der Waals surface area contributed by atoms with Gasteiger partial charge in [0.25, 0.3) is 5.91 Å². The fourth-order valence-corrected chi connectivity index (χ4v) is 2.01. The number of halogens is 1. The second-order valence-electron chi connectivity index (χ2n) is 4.78. The van der Waals surface area contributed by atoms with Crippen LogP contribution in [0.25, 0.3) is 11.4 Å². The van der Waals surface area contributed by atoms with Crippen LogP contribution >= 0.6 is 0 Å². The number of nitrogens with two attached hydrogens (primary N) is 1.